The summed E-state index contributed by atoms with van der Waals surface area (Å²) in [5, 5.41) is 17.8. The molecule has 0 radical (unpaired) electrons. The van der Waals surface area contributed by atoms with Gasteiger partial charge in [0.1, 0.15) is 0 Å². The van der Waals surface area contributed by atoms with Crippen molar-refractivity contribution in [2.75, 3.05) is 5.06 Å². The Morgan fingerprint density at radius 1 is 0.486 bits per heavy atom. The summed E-state index contributed by atoms with van der Waals surface area (Å²) in [6.07, 6.45) is 0. The van der Waals surface area contributed by atoms with Gasteiger partial charge in [-0.1, -0.05) is 103 Å². The zero-order chi connectivity index (χ0) is 24.8. The van der Waals surface area contributed by atoms with Crippen LogP contribution >= 0.6 is 11.3 Å². The predicted octanol–water partition coefficient (Wildman–Crippen LogP) is 10.1. The van der Waals surface area contributed by atoms with Gasteiger partial charge < -0.3 is 0 Å². The van der Waals surface area contributed by atoms with Crippen LogP contribution in [0.25, 0.3) is 53.2 Å². The van der Waals surface area contributed by atoms with Crippen LogP contribution in [0.15, 0.2) is 133 Å². The van der Waals surface area contributed by atoms with Crippen molar-refractivity contribution in [3.63, 3.8) is 0 Å². The highest BCUT2D eigenvalue weighted by atomic mass is 32.1. The smallest absolute Gasteiger partial charge is 0.0786 e. The topological polar surface area (TPSA) is 23.5 Å². The summed E-state index contributed by atoms with van der Waals surface area (Å²) >= 11 is 1.75. The molecule has 0 aliphatic rings. The van der Waals surface area contributed by atoms with Crippen molar-refractivity contribution in [2.24, 2.45) is 0 Å². The van der Waals surface area contributed by atoms with Gasteiger partial charge in [-0.2, -0.15) is 0 Å². The van der Waals surface area contributed by atoms with Crippen molar-refractivity contribution < 1.29 is 5.21 Å². The number of hydrogen-bond donors (Lipinski definition) is 1. The van der Waals surface area contributed by atoms with Crippen LogP contribution in [-0.4, -0.2) is 5.21 Å². The lowest BCUT2D eigenvalue weighted by molar-refractivity contribution is 0.302. The van der Waals surface area contributed by atoms with E-state index >= 15 is 0 Å². The Morgan fingerprint density at radius 2 is 1.19 bits per heavy atom. The van der Waals surface area contributed by atoms with Crippen LogP contribution in [0.4, 0.5) is 11.4 Å². The molecule has 1 aromatic heterocycles. The quantitative estimate of drug-likeness (QED) is 0.247. The van der Waals surface area contributed by atoms with Crippen LogP contribution in [0, 0.1) is 0 Å². The molecule has 1 heterocycles. The standard InChI is InChI=1S/C34H23NOS/c36-35(31-17-9-19-33-34(31)28-15-6-7-18-32(28)37-33)30-21-20-25(23-10-2-1-3-11-23)22-29(30)27-16-8-13-24-12-4-5-14-26(24)27/h1-22,36H. The molecule has 1 N–H and O–H groups in total. The number of anilines is 2. The fourth-order valence-corrected chi connectivity index (χ4v) is 6.40. The highest BCUT2D eigenvalue weighted by Crippen LogP contribution is 2.44. The molecule has 3 heteroatoms. The second-order valence-electron chi connectivity index (χ2n) is 9.18. The fraction of sp³-hybridized carbons (Fsp3) is 0. The molecule has 0 amide bonds. The molecule has 6 aromatic carbocycles. The zero-order valence-electron chi connectivity index (χ0n) is 20.0. The van der Waals surface area contributed by atoms with E-state index in [1.807, 2.05) is 24.3 Å². The maximum atomic E-state index is 11.9. The highest BCUT2D eigenvalue weighted by molar-refractivity contribution is 7.25. The van der Waals surface area contributed by atoms with E-state index in [-0.39, 0.29) is 0 Å². The van der Waals surface area contributed by atoms with Gasteiger partial charge in [0.25, 0.3) is 0 Å². The molecule has 0 aliphatic heterocycles. The van der Waals surface area contributed by atoms with Crippen molar-refractivity contribution in [3.8, 4) is 22.3 Å². The monoisotopic (exact) mass is 493 g/mol. The first kappa shape index (κ1) is 21.8. The molecule has 7 rings (SSSR count). The van der Waals surface area contributed by atoms with Crippen molar-refractivity contribution in [1.29, 1.82) is 0 Å². The van der Waals surface area contributed by atoms with E-state index in [9.17, 15) is 5.21 Å². The predicted molar refractivity (Wildman–Crippen MR) is 158 cm³/mol. The minimum Gasteiger partial charge on any atom is -0.283 e. The number of thiophene rings is 1. The first-order chi connectivity index (χ1) is 18.3. The van der Waals surface area contributed by atoms with E-state index in [1.165, 1.54) is 15.1 Å². The normalized spacial score (nSPS) is 11.4. The lowest BCUT2D eigenvalue weighted by Gasteiger charge is -2.23. The van der Waals surface area contributed by atoms with Crippen LogP contribution in [0.3, 0.4) is 0 Å². The van der Waals surface area contributed by atoms with Crippen LogP contribution in [0.1, 0.15) is 0 Å². The van der Waals surface area contributed by atoms with Crippen molar-refractivity contribution in [2.45, 2.75) is 0 Å². The highest BCUT2D eigenvalue weighted by Gasteiger charge is 2.19. The van der Waals surface area contributed by atoms with Gasteiger partial charge in [-0.25, -0.2) is 5.06 Å². The molecular weight excluding hydrogens is 470 g/mol. The third-order valence-electron chi connectivity index (χ3n) is 7.02. The summed E-state index contributed by atoms with van der Waals surface area (Å²) in [4.78, 5) is 0. The van der Waals surface area contributed by atoms with Gasteiger partial charge in [-0.3, -0.25) is 5.21 Å². The Hall–Kier alpha value is -4.44. The molecule has 7 aromatic rings. The first-order valence-corrected chi connectivity index (χ1v) is 13.2. The Morgan fingerprint density at radius 3 is 2.08 bits per heavy atom. The molecule has 0 saturated heterocycles. The number of fused-ring (bicyclic) bond motifs is 4. The van der Waals surface area contributed by atoms with Crippen LogP contribution < -0.4 is 5.06 Å². The van der Waals surface area contributed by atoms with E-state index in [1.54, 1.807) is 11.3 Å². The molecule has 176 valence electrons. The van der Waals surface area contributed by atoms with Crippen molar-refractivity contribution >= 4 is 53.7 Å². The van der Waals surface area contributed by atoms with Gasteiger partial charge >= 0.3 is 0 Å². The molecular formula is C34H23NOS. The fourth-order valence-electron chi connectivity index (χ4n) is 5.27. The largest absolute Gasteiger partial charge is 0.283 e. The molecule has 2 nitrogen and oxygen atoms in total. The average molecular weight is 494 g/mol. The van der Waals surface area contributed by atoms with Crippen LogP contribution in [0.5, 0.6) is 0 Å². The van der Waals surface area contributed by atoms with Gasteiger partial charge in [-0.05, 0) is 57.8 Å². The minimum absolute atomic E-state index is 0.749. The maximum Gasteiger partial charge on any atom is 0.0786 e. The van der Waals surface area contributed by atoms with Gasteiger partial charge in [0, 0.05) is 25.7 Å². The Bertz CT molecular complexity index is 1900. The molecule has 0 fully saturated rings. The lowest BCUT2D eigenvalue weighted by atomic mass is 9.93. The molecule has 0 aliphatic carbocycles. The average Bonchev–Trinajstić information content (AvgIpc) is 3.36. The number of rotatable bonds is 4. The summed E-state index contributed by atoms with van der Waals surface area (Å²) in [6, 6.07) is 46.0. The number of hydrogen-bond acceptors (Lipinski definition) is 3. The molecule has 0 saturated carbocycles. The summed E-state index contributed by atoms with van der Waals surface area (Å²) in [6.45, 7) is 0. The Kier molecular flexibility index (Phi) is 5.24. The van der Waals surface area contributed by atoms with Crippen molar-refractivity contribution in [3.05, 3.63) is 133 Å². The van der Waals surface area contributed by atoms with Crippen molar-refractivity contribution in [1.82, 2.24) is 0 Å². The zero-order valence-corrected chi connectivity index (χ0v) is 20.8. The third kappa shape index (κ3) is 3.68. The van der Waals surface area contributed by atoms with E-state index in [4.69, 9.17) is 0 Å². The first-order valence-electron chi connectivity index (χ1n) is 12.3. The molecule has 0 unspecified atom stereocenters. The summed E-state index contributed by atoms with van der Waals surface area (Å²) in [5.41, 5.74) is 5.86. The second-order valence-corrected chi connectivity index (χ2v) is 10.3. The molecule has 0 bridgehead atoms. The van der Waals surface area contributed by atoms with Crippen LogP contribution in [0.2, 0.25) is 0 Å². The molecule has 37 heavy (non-hydrogen) atoms. The Labute approximate surface area is 219 Å². The summed E-state index contributed by atoms with van der Waals surface area (Å²) in [7, 11) is 0. The number of benzene rings is 6. The Balaban J connectivity index is 1.49. The summed E-state index contributed by atoms with van der Waals surface area (Å²) < 4.78 is 2.37. The maximum absolute atomic E-state index is 11.9. The SMILES string of the molecule is ON(c1ccc(-c2ccccc2)cc1-c1cccc2ccccc12)c1cccc2sc3ccccc3c12. The molecule has 0 spiro atoms. The van der Waals surface area contributed by atoms with E-state index in [0.717, 1.165) is 54.5 Å². The summed E-state index contributed by atoms with van der Waals surface area (Å²) in [5.74, 6) is 0. The second kappa shape index (κ2) is 8.90. The van der Waals surface area contributed by atoms with E-state index < -0.39 is 0 Å². The third-order valence-corrected chi connectivity index (χ3v) is 8.16. The van der Waals surface area contributed by atoms with E-state index in [0.29, 0.717) is 0 Å². The van der Waals surface area contributed by atoms with Crippen LogP contribution in [-0.2, 0) is 0 Å². The molecule has 0 atom stereocenters. The lowest BCUT2D eigenvalue weighted by Crippen LogP contribution is -2.12. The van der Waals surface area contributed by atoms with E-state index in [2.05, 4.69) is 109 Å². The van der Waals surface area contributed by atoms with Gasteiger partial charge in [0.15, 0.2) is 0 Å². The van der Waals surface area contributed by atoms with Gasteiger partial charge in [0.05, 0.1) is 11.4 Å². The van der Waals surface area contributed by atoms with Gasteiger partial charge in [-0.15, -0.1) is 11.3 Å². The number of nitrogens with zero attached hydrogens (tertiary/aromatic N) is 1. The minimum atomic E-state index is 0.749. The van der Waals surface area contributed by atoms with Gasteiger partial charge in [0.2, 0.25) is 0 Å².